The molecule has 0 bridgehead atoms. The van der Waals surface area contributed by atoms with E-state index >= 15 is 0 Å². The van der Waals surface area contributed by atoms with Crippen LogP contribution in [0, 0.1) is 10.1 Å². The van der Waals surface area contributed by atoms with Crippen LogP contribution in [0.15, 0.2) is 23.1 Å². The van der Waals surface area contributed by atoms with Crippen molar-refractivity contribution in [1.82, 2.24) is 0 Å². The van der Waals surface area contributed by atoms with Crippen LogP contribution in [0.5, 0.6) is 5.75 Å². The molecule has 1 aromatic rings. The third-order valence-corrected chi connectivity index (χ3v) is 2.39. The van der Waals surface area contributed by atoms with E-state index < -0.39 is 27.5 Å². The second-order valence-corrected chi connectivity index (χ2v) is 3.74. The monoisotopic (exact) mass is 201 g/mol. The van der Waals surface area contributed by atoms with Gasteiger partial charge in [0.25, 0.3) is 0 Å². The number of aromatic hydroxyl groups is 1. The molecule has 1 aromatic carbocycles. The van der Waals surface area contributed by atoms with Crippen molar-refractivity contribution in [2.24, 2.45) is 0 Å². The first-order valence-electron chi connectivity index (χ1n) is 3.33. The SMILES string of the molecule is C[S+]([O-])c1ccc(O)c([N+](=O)[O-])c1. The summed E-state index contributed by atoms with van der Waals surface area (Å²) in [5, 5.41) is 19.4. The molecule has 70 valence electrons. The molecule has 0 amide bonds. The van der Waals surface area contributed by atoms with Crippen molar-refractivity contribution in [3.05, 3.63) is 28.3 Å². The van der Waals surface area contributed by atoms with Gasteiger partial charge in [-0.25, -0.2) is 0 Å². The van der Waals surface area contributed by atoms with Crippen molar-refractivity contribution in [2.45, 2.75) is 4.90 Å². The molecular formula is C7H7NO4S. The summed E-state index contributed by atoms with van der Waals surface area (Å²) in [6.07, 6.45) is 1.41. The zero-order valence-corrected chi connectivity index (χ0v) is 7.58. The highest BCUT2D eigenvalue weighted by Gasteiger charge is 2.17. The highest BCUT2D eigenvalue weighted by Crippen LogP contribution is 2.27. The summed E-state index contributed by atoms with van der Waals surface area (Å²) in [4.78, 5) is 9.95. The number of nitro groups is 1. The molecule has 0 spiro atoms. The molecule has 0 aromatic heterocycles. The van der Waals surface area contributed by atoms with Crippen molar-refractivity contribution in [3.8, 4) is 5.75 Å². The molecule has 1 rings (SSSR count). The first-order chi connectivity index (χ1) is 6.02. The Bertz CT molecular complexity index is 339. The maximum Gasteiger partial charge on any atom is 0.315 e. The fourth-order valence-electron chi connectivity index (χ4n) is 0.828. The van der Waals surface area contributed by atoms with Gasteiger partial charge in [-0.05, 0) is 23.3 Å². The van der Waals surface area contributed by atoms with Crippen LogP contribution < -0.4 is 0 Å². The van der Waals surface area contributed by atoms with E-state index in [-0.39, 0.29) is 0 Å². The van der Waals surface area contributed by atoms with Crippen LogP contribution >= 0.6 is 0 Å². The Balaban J connectivity index is 3.19. The Morgan fingerprint density at radius 3 is 2.62 bits per heavy atom. The van der Waals surface area contributed by atoms with Gasteiger partial charge in [-0.15, -0.1) is 0 Å². The Hall–Kier alpha value is -1.27. The molecular weight excluding hydrogens is 194 g/mol. The highest BCUT2D eigenvalue weighted by atomic mass is 32.2. The molecule has 0 saturated heterocycles. The molecule has 1 unspecified atom stereocenters. The van der Waals surface area contributed by atoms with Crippen LogP contribution in [0.2, 0.25) is 0 Å². The molecule has 13 heavy (non-hydrogen) atoms. The fraction of sp³-hybridized carbons (Fsp3) is 0.143. The Labute approximate surface area is 77.3 Å². The van der Waals surface area contributed by atoms with Crippen molar-refractivity contribution >= 4 is 16.9 Å². The zero-order chi connectivity index (χ0) is 10.0. The molecule has 5 nitrogen and oxygen atoms in total. The van der Waals surface area contributed by atoms with Crippen LogP contribution in [-0.2, 0) is 11.2 Å². The molecule has 0 aliphatic carbocycles. The summed E-state index contributed by atoms with van der Waals surface area (Å²) >= 11 is -1.28. The minimum Gasteiger partial charge on any atom is -0.612 e. The molecule has 0 heterocycles. The van der Waals surface area contributed by atoms with E-state index in [1.54, 1.807) is 0 Å². The second kappa shape index (κ2) is 3.63. The van der Waals surface area contributed by atoms with E-state index in [9.17, 15) is 14.7 Å². The maximum atomic E-state index is 10.9. The summed E-state index contributed by atoms with van der Waals surface area (Å²) < 4.78 is 10.9. The van der Waals surface area contributed by atoms with Crippen molar-refractivity contribution in [3.63, 3.8) is 0 Å². The van der Waals surface area contributed by atoms with E-state index in [1.165, 1.54) is 12.3 Å². The topological polar surface area (TPSA) is 86.4 Å². The van der Waals surface area contributed by atoms with Gasteiger partial charge in [0.2, 0.25) is 0 Å². The predicted molar refractivity (Wildman–Crippen MR) is 47.1 cm³/mol. The minimum absolute atomic E-state index is 0.324. The van der Waals surface area contributed by atoms with Gasteiger partial charge in [-0.2, -0.15) is 0 Å². The minimum atomic E-state index is -1.28. The van der Waals surface area contributed by atoms with Gasteiger partial charge in [0.1, 0.15) is 6.26 Å². The van der Waals surface area contributed by atoms with E-state index in [4.69, 9.17) is 5.11 Å². The zero-order valence-electron chi connectivity index (χ0n) is 6.76. The Kier molecular flexibility index (Phi) is 2.74. The van der Waals surface area contributed by atoms with Gasteiger partial charge in [-0.1, -0.05) is 0 Å². The summed E-state index contributed by atoms with van der Waals surface area (Å²) in [6, 6.07) is 3.65. The summed E-state index contributed by atoms with van der Waals surface area (Å²) in [5.41, 5.74) is -0.423. The molecule has 6 heteroatoms. The van der Waals surface area contributed by atoms with Crippen LogP contribution in [0.3, 0.4) is 0 Å². The van der Waals surface area contributed by atoms with Crippen LogP contribution in [0.1, 0.15) is 0 Å². The highest BCUT2D eigenvalue weighted by molar-refractivity contribution is 7.90. The molecule has 1 atom stereocenters. The average Bonchev–Trinajstić information content (AvgIpc) is 2.04. The van der Waals surface area contributed by atoms with Crippen molar-refractivity contribution < 1.29 is 14.6 Å². The number of benzene rings is 1. The number of nitrogens with zero attached hydrogens (tertiary/aromatic N) is 1. The van der Waals surface area contributed by atoms with Crippen molar-refractivity contribution in [2.75, 3.05) is 6.26 Å². The van der Waals surface area contributed by atoms with Crippen molar-refractivity contribution in [1.29, 1.82) is 0 Å². The average molecular weight is 201 g/mol. The van der Waals surface area contributed by atoms with Gasteiger partial charge < -0.3 is 9.66 Å². The quantitative estimate of drug-likeness (QED) is 0.440. The Morgan fingerprint density at radius 1 is 1.54 bits per heavy atom. The van der Waals surface area contributed by atoms with Gasteiger partial charge in [0, 0.05) is 0 Å². The lowest BCUT2D eigenvalue weighted by Crippen LogP contribution is -1.98. The lowest BCUT2D eigenvalue weighted by Gasteiger charge is -2.03. The molecule has 0 aliphatic heterocycles. The Morgan fingerprint density at radius 2 is 2.15 bits per heavy atom. The number of phenolic OH excluding ortho intramolecular Hbond substituents is 1. The molecule has 0 aliphatic rings. The lowest BCUT2D eigenvalue weighted by molar-refractivity contribution is -0.386. The predicted octanol–water partition coefficient (Wildman–Crippen LogP) is 1.04. The molecule has 1 N–H and O–H groups in total. The molecule has 0 fully saturated rings. The van der Waals surface area contributed by atoms with Crippen LogP contribution in [0.4, 0.5) is 5.69 Å². The molecule has 0 radical (unpaired) electrons. The van der Waals surface area contributed by atoms with Gasteiger partial charge in [-0.3, -0.25) is 10.1 Å². The van der Waals surface area contributed by atoms with E-state index in [1.807, 2.05) is 0 Å². The van der Waals surface area contributed by atoms with E-state index in [0.29, 0.717) is 4.90 Å². The largest absolute Gasteiger partial charge is 0.612 e. The van der Waals surface area contributed by atoms with Gasteiger partial charge in [0.15, 0.2) is 10.6 Å². The first-order valence-corrected chi connectivity index (χ1v) is 4.89. The third-order valence-electron chi connectivity index (χ3n) is 1.48. The lowest BCUT2D eigenvalue weighted by atomic mass is 10.3. The standard InChI is InChI=1S/C7H7NO4S/c1-13(12)5-2-3-7(9)6(4-5)8(10)11/h2-4,9H,1H3. The van der Waals surface area contributed by atoms with Crippen LogP contribution in [0.25, 0.3) is 0 Å². The number of phenols is 1. The normalized spacial score (nSPS) is 12.5. The first kappa shape index (κ1) is 9.82. The van der Waals surface area contributed by atoms with E-state index in [0.717, 1.165) is 12.1 Å². The van der Waals surface area contributed by atoms with Gasteiger partial charge in [0.05, 0.1) is 11.0 Å². The summed E-state index contributed by atoms with van der Waals surface area (Å²) in [7, 11) is 0. The van der Waals surface area contributed by atoms with E-state index in [2.05, 4.69) is 0 Å². The number of hydrogen-bond acceptors (Lipinski definition) is 4. The summed E-state index contributed by atoms with van der Waals surface area (Å²) in [6.45, 7) is 0. The van der Waals surface area contributed by atoms with Crippen LogP contribution in [-0.4, -0.2) is 20.8 Å². The summed E-state index contributed by atoms with van der Waals surface area (Å²) in [5.74, 6) is -0.417. The third kappa shape index (κ3) is 2.10. The van der Waals surface area contributed by atoms with Gasteiger partial charge >= 0.3 is 5.69 Å². The maximum absolute atomic E-state index is 10.9. The molecule has 0 saturated carbocycles. The smallest absolute Gasteiger partial charge is 0.315 e. The number of nitro benzene ring substituents is 1. The fourth-order valence-corrected chi connectivity index (χ4v) is 1.37. The number of hydrogen-bond donors (Lipinski definition) is 1. The number of rotatable bonds is 2. The second-order valence-electron chi connectivity index (χ2n) is 2.36.